The standard InChI is InChI=1S/C15H15F3N2O/c1-14(9-21)7-20(8-14)13-4-5-19-12-6-10(15(16,17)18)2-3-11(12)13/h2-6,21H,7-9H2,1H3. The lowest BCUT2D eigenvalue weighted by Crippen LogP contribution is -2.56. The smallest absolute Gasteiger partial charge is 0.396 e. The van der Waals surface area contributed by atoms with E-state index in [1.165, 1.54) is 12.3 Å². The van der Waals surface area contributed by atoms with Gasteiger partial charge in [0.15, 0.2) is 0 Å². The van der Waals surface area contributed by atoms with E-state index in [1.807, 2.05) is 11.8 Å². The summed E-state index contributed by atoms with van der Waals surface area (Å²) in [4.78, 5) is 6.09. The quantitative estimate of drug-likeness (QED) is 0.925. The number of benzene rings is 1. The highest BCUT2D eigenvalue weighted by Crippen LogP contribution is 2.38. The van der Waals surface area contributed by atoms with Gasteiger partial charge in [-0.2, -0.15) is 13.2 Å². The van der Waals surface area contributed by atoms with Crippen molar-refractivity contribution in [3.63, 3.8) is 0 Å². The van der Waals surface area contributed by atoms with Crippen LogP contribution in [0.3, 0.4) is 0 Å². The average molecular weight is 296 g/mol. The number of alkyl halides is 3. The molecule has 3 nitrogen and oxygen atoms in total. The van der Waals surface area contributed by atoms with E-state index in [4.69, 9.17) is 0 Å². The number of aliphatic hydroxyl groups excluding tert-OH is 1. The number of pyridine rings is 1. The molecule has 0 saturated carbocycles. The summed E-state index contributed by atoms with van der Waals surface area (Å²) in [7, 11) is 0. The minimum Gasteiger partial charge on any atom is -0.396 e. The lowest BCUT2D eigenvalue weighted by atomic mass is 9.82. The van der Waals surface area contributed by atoms with Crippen LogP contribution in [0.4, 0.5) is 18.9 Å². The third-order valence-corrected chi connectivity index (χ3v) is 3.91. The maximum Gasteiger partial charge on any atom is 0.416 e. The van der Waals surface area contributed by atoms with Crippen LogP contribution in [-0.2, 0) is 6.18 Å². The van der Waals surface area contributed by atoms with Crippen LogP contribution < -0.4 is 4.90 Å². The Hall–Kier alpha value is -1.82. The van der Waals surface area contributed by atoms with Gasteiger partial charge < -0.3 is 10.0 Å². The minimum atomic E-state index is -4.36. The van der Waals surface area contributed by atoms with Gasteiger partial charge >= 0.3 is 6.18 Å². The van der Waals surface area contributed by atoms with Crippen LogP contribution in [0.5, 0.6) is 0 Å². The molecule has 21 heavy (non-hydrogen) atoms. The van der Waals surface area contributed by atoms with E-state index in [1.54, 1.807) is 6.07 Å². The Morgan fingerprint density at radius 1 is 1.29 bits per heavy atom. The molecule has 1 fully saturated rings. The first kappa shape index (κ1) is 14.1. The number of rotatable bonds is 2. The van der Waals surface area contributed by atoms with Crippen molar-refractivity contribution < 1.29 is 18.3 Å². The van der Waals surface area contributed by atoms with Crippen LogP contribution in [0, 0.1) is 5.41 Å². The molecule has 0 bridgehead atoms. The van der Waals surface area contributed by atoms with Crippen LogP contribution in [0.25, 0.3) is 10.9 Å². The number of fused-ring (bicyclic) bond motifs is 1. The second-order valence-electron chi connectivity index (χ2n) is 5.88. The fraction of sp³-hybridized carbons (Fsp3) is 0.400. The molecular weight excluding hydrogens is 281 g/mol. The highest BCUT2D eigenvalue weighted by molar-refractivity contribution is 5.92. The van der Waals surface area contributed by atoms with Crippen molar-refractivity contribution in [2.75, 3.05) is 24.6 Å². The molecule has 2 aromatic rings. The molecule has 6 heteroatoms. The molecule has 0 spiro atoms. The fourth-order valence-corrected chi connectivity index (χ4v) is 2.73. The van der Waals surface area contributed by atoms with E-state index in [-0.39, 0.29) is 12.0 Å². The number of halogens is 3. The van der Waals surface area contributed by atoms with Gasteiger partial charge in [0.2, 0.25) is 0 Å². The summed E-state index contributed by atoms with van der Waals surface area (Å²) >= 11 is 0. The van der Waals surface area contributed by atoms with Crippen molar-refractivity contribution in [1.29, 1.82) is 0 Å². The maximum atomic E-state index is 12.7. The van der Waals surface area contributed by atoms with Crippen LogP contribution in [0.15, 0.2) is 30.5 Å². The van der Waals surface area contributed by atoms with Gasteiger partial charge in [-0.3, -0.25) is 4.98 Å². The van der Waals surface area contributed by atoms with Gasteiger partial charge in [-0.15, -0.1) is 0 Å². The molecule has 112 valence electrons. The van der Waals surface area contributed by atoms with Crippen LogP contribution in [-0.4, -0.2) is 29.8 Å². The van der Waals surface area contributed by atoms with Gasteiger partial charge in [-0.25, -0.2) is 0 Å². The molecule has 2 heterocycles. The largest absolute Gasteiger partial charge is 0.416 e. The highest BCUT2D eigenvalue weighted by Gasteiger charge is 2.39. The molecule has 0 atom stereocenters. The zero-order valence-corrected chi connectivity index (χ0v) is 11.5. The molecule has 0 radical (unpaired) electrons. The predicted octanol–water partition coefficient (Wildman–Crippen LogP) is 3.07. The van der Waals surface area contributed by atoms with Crippen LogP contribution in [0.2, 0.25) is 0 Å². The molecule has 0 amide bonds. The van der Waals surface area contributed by atoms with E-state index < -0.39 is 11.7 Å². The van der Waals surface area contributed by atoms with Gasteiger partial charge in [-0.1, -0.05) is 13.0 Å². The minimum absolute atomic E-state index is 0.102. The van der Waals surface area contributed by atoms with Gasteiger partial charge in [0.05, 0.1) is 17.7 Å². The summed E-state index contributed by atoms with van der Waals surface area (Å²) in [5, 5.41) is 9.98. The van der Waals surface area contributed by atoms with Crippen molar-refractivity contribution in [2.45, 2.75) is 13.1 Å². The Labute approximate surface area is 120 Å². The number of hydrogen-bond donors (Lipinski definition) is 1. The lowest BCUT2D eigenvalue weighted by molar-refractivity contribution is -0.137. The second kappa shape index (κ2) is 4.59. The molecule has 1 aromatic heterocycles. The Balaban J connectivity index is 1.98. The first-order chi connectivity index (χ1) is 9.82. The topological polar surface area (TPSA) is 36.4 Å². The second-order valence-corrected chi connectivity index (χ2v) is 5.88. The zero-order valence-electron chi connectivity index (χ0n) is 11.5. The van der Waals surface area contributed by atoms with E-state index in [9.17, 15) is 18.3 Å². The molecule has 1 aliphatic rings. The molecule has 0 unspecified atom stereocenters. The van der Waals surface area contributed by atoms with Crippen LogP contribution in [0.1, 0.15) is 12.5 Å². The molecule has 1 aliphatic heterocycles. The highest BCUT2D eigenvalue weighted by atomic mass is 19.4. The Morgan fingerprint density at radius 3 is 2.62 bits per heavy atom. The Morgan fingerprint density at radius 2 is 2.00 bits per heavy atom. The summed E-state index contributed by atoms with van der Waals surface area (Å²) in [6.45, 7) is 3.45. The number of nitrogens with zero attached hydrogens (tertiary/aromatic N) is 2. The number of anilines is 1. The summed E-state index contributed by atoms with van der Waals surface area (Å²) in [5.74, 6) is 0. The van der Waals surface area contributed by atoms with Crippen molar-refractivity contribution in [3.8, 4) is 0 Å². The normalized spacial score (nSPS) is 17.9. The first-order valence-corrected chi connectivity index (χ1v) is 6.64. The van der Waals surface area contributed by atoms with E-state index >= 15 is 0 Å². The SMILES string of the molecule is CC1(CO)CN(c2ccnc3cc(C(F)(F)F)ccc23)C1. The van der Waals surface area contributed by atoms with Crippen LogP contribution >= 0.6 is 0 Å². The molecule has 0 aliphatic carbocycles. The average Bonchev–Trinajstić information content (AvgIpc) is 2.42. The van der Waals surface area contributed by atoms with E-state index in [0.29, 0.717) is 24.0 Å². The van der Waals surface area contributed by atoms with E-state index in [2.05, 4.69) is 4.98 Å². The monoisotopic (exact) mass is 296 g/mol. The molecule has 1 saturated heterocycles. The number of hydrogen-bond acceptors (Lipinski definition) is 3. The van der Waals surface area contributed by atoms with Crippen molar-refractivity contribution in [3.05, 3.63) is 36.0 Å². The summed E-state index contributed by atoms with van der Waals surface area (Å²) in [6, 6.07) is 5.42. The summed E-state index contributed by atoms with van der Waals surface area (Å²) in [6.07, 6.45) is -2.84. The summed E-state index contributed by atoms with van der Waals surface area (Å²) in [5.41, 5.74) is 0.365. The molecular formula is C15H15F3N2O. The van der Waals surface area contributed by atoms with Crippen molar-refractivity contribution in [1.82, 2.24) is 4.98 Å². The lowest BCUT2D eigenvalue weighted by Gasteiger charge is -2.48. The molecule has 1 N–H and O–H groups in total. The van der Waals surface area contributed by atoms with Crippen molar-refractivity contribution >= 4 is 16.6 Å². The van der Waals surface area contributed by atoms with Gasteiger partial charge in [-0.05, 0) is 18.2 Å². The van der Waals surface area contributed by atoms with E-state index in [0.717, 1.165) is 17.8 Å². The molecule has 3 rings (SSSR count). The molecule has 1 aromatic carbocycles. The van der Waals surface area contributed by atoms with Crippen molar-refractivity contribution in [2.24, 2.45) is 5.41 Å². The number of aromatic nitrogens is 1. The van der Waals surface area contributed by atoms with Gasteiger partial charge in [0.1, 0.15) is 0 Å². The fourth-order valence-electron chi connectivity index (χ4n) is 2.73. The zero-order chi connectivity index (χ0) is 15.3. The predicted molar refractivity (Wildman–Crippen MR) is 74.2 cm³/mol. The first-order valence-electron chi connectivity index (χ1n) is 6.64. The Bertz CT molecular complexity index is 678. The number of aliphatic hydroxyl groups is 1. The Kier molecular flexibility index (Phi) is 3.09. The third-order valence-electron chi connectivity index (χ3n) is 3.91. The third kappa shape index (κ3) is 2.44. The summed E-state index contributed by atoms with van der Waals surface area (Å²) < 4.78 is 38.2. The maximum absolute atomic E-state index is 12.7. The van der Waals surface area contributed by atoms with Gasteiger partial charge in [0, 0.05) is 35.8 Å². The van der Waals surface area contributed by atoms with Gasteiger partial charge in [0.25, 0.3) is 0 Å².